The number of anilines is 1. The highest BCUT2D eigenvalue weighted by molar-refractivity contribution is 6.00. The first kappa shape index (κ1) is 16.4. The number of likely N-dealkylation sites (N-methyl/N-ethyl adjacent to an activating group) is 2. The van der Waals surface area contributed by atoms with E-state index < -0.39 is 0 Å². The summed E-state index contributed by atoms with van der Waals surface area (Å²) < 4.78 is 0. The number of imide groups is 1. The summed E-state index contributed by atoms with van der Waals surface area (Å²) in [6.45, 7) is 6.11. The number of nitrogens with one attached hydrogen (secondary N) is 1. The topological polar surface area (TPSA) is 59.1 Å². The molecule has 3 aliphatic rings. The van der Waals surface area contributed by atoms with E-state index in [1.807, 2.05) is 6.92 Å². The zero-order valence-electron chi connectivity index (χ0n) is 15.0. The van der Waals surface area contributed by atoms with Crippen LogP contribution in [0, 0.1) is 6.92 Å². The van der Waals surface area contributed by atoms with Gasteiger partial charge in [-0.3, -0.25) is 19.9 Å². The van der Waals surface area contributed by atoms with E-state index in [1.54, 1.807) is 11.9 Å². The van der Waals surface area contributed by atoms with Gasteiger partial charge in [-0.25, -0.2) is 4.79 Å². The smallest absolute Gasteiger partial charge is 0.327 e. The molecule has 1 aromatic rings. The van der Waals surface area contributed by atoms with E-state index >= 15 is 0 Å². The number of carbonyl (C=O) groups is 2. The van der Waals surface area contributed by atoms with Crippen molar-refractivity contribution in [3.63, 3.8) is 0 Å². The molecule has 3 aliphatic heterocycles. The Morgan fingerprint density at radius 3 is 2.56 bits per heavy atom. The number of hydrogen-bond donors (Lipinski definition) is 1. The maximum absolute atomic E-state index is 12.9. The van der Waals surface area contributed by atoms with Crippen molar-refractivity contribution in [3.8, 4) is 0 Å². The van der Waals surface area contributed by atoms with Gasteiger partial charge in [0.05, 0.1) is 0 Å². The first-order valence-electron chi connectivity index (χ1n) is 8.96. The molecule has 25 heavy (non-hydrogen) atoms. The van der Waals surface area contributed by atoms with Crippen LogP contribution in [0.15, 0.2) is 24.3 Å². The average Bonchev–Trinajstić information content (AvgIpc) is 3.01. The molecule has 134 valence electrons. The van der Waals surface area contributed by atoms with Crippen LogP contribution in [0.3, 0.4) is 0 Å². The molecular formula is C18H25N5O2. The van der Waals surface area contributed by atoms with E-state index in [0.29, 0.717) is 6.54 Å². The number of carbonyl (C=O) groups excluding carboxylic acids is 2. The largest absolute Gasteiger partial charge is 0.343 e. The summed E-state index contributed by atoms with van der Waals surface area (Å²) in [5.41, 5.74) is 2.37. The zero-order chi connectivity index (χ0) is 17.7. The van der Waals surface area contributed by atoms with Gasteiger partial charge in [0, 0.05) is 32.4 Å². The highest BCUT2D eigenvalue weighted by atomic mass is 16.2. The summed E-state index contributed by atoms with van der Waals surface area (Å²) in [6, 6.07) is 7.92. The van der Waals surface area contributed by atoms with Crippen molar-refractivity contribution in [2.75, 3.05) is 31.6 Å². The maximum Gasteiger partial charge on any atom is 0.327 e. The second-order valence-electron chi connectivity index (χ2n) is 7.03. The molecular weight excluding hydrogens is 318 g/mol. The predicted octanol–water partition coefficient (Wildman–Crippen LogP) is 1.00. The Hall–Kier alpha value is -2.12. The lowest BCUT2D eigenvalue weighted by Gasteiger charge is -2.43. The van der Waals surface area contributed by atoms with Gasteiger partial charge in [0.1, 0.15) is 18.5 Å². The van der Waals surface area contributed by atoms with Crippen molar-refractivity contribution in [3.05, 3.63) is 29.8 Å². The number of rotatable bonds is 2. The number of hydrogen-bond acceptors (Lipinski definition) is 5. The fourth-order valence-corrected chi connectivity index (χ4v) is 4.21. The van der Waals surface area contributed by atoms with Gasteiger partial charge < -0.3 is 9.80 Å². The molecule has 4 rings (SSSR count). The molecule has 3 unspecified atom stereocenters. The molecule has 0 aliphatic carbocycles. The molecule has 3 saturated heterocycles. The third-order valence-corrected chi connectivity index (χ3v) is 5.55. The van der Waals surface area contributed by atoms with Gasteiger partial charge in [0.2, 0.25) is 0 Å². The Labute approximate surface area is 148 Å². The summed E-state index contributed by atoms with van der Waals surface area (Å²) in [6.07, 6.45) is 0.646. The third kappa shape index (κ3) is 2.41. The summed E-state index contributed by atoms with van der Waals surface area (Å²) >= 11 is 0. The van der Waals surface area contributed by atoms with E-state index in [2.05, 4.69) is 46.3 Å². The molecule has 0 radical (unpaired) electrons. The number of benzene rings is 1. The number of nitrogens with zero attached hydrogens (tertiary/aromatic N) is 4. The quantitative estimate of drug-likeness (QED) is 0.868. The summed E-state index contributed by atoms with van der Waals surface area (Å²) in [5, 5.41) is 3.52. The molecule has 3 heterocycles. The number of aryl methyl sites for hydroxylation is 1. The Morgan fingerprint density at radius 2 is 1.88 bits per heavy atom. The number of urea groups is 1. The lowest BCUT2D eigenvalue weighted by molar-refractivity contribution is -0.138. The van der Waals surface area contributed by atoms with Gasteiger partial charge in [-0.1, -0.05) is 17.7 Å². The SMILES string of the molecule is CCN1C(=O)C2C(NC3N(c4ccc(C)cc4)CCCN23)N(C)C1=O. The standard InChI is InChI=1S/C18H25N5O2/c1-4-21-16(24)14-15(20(3)18(21)25)19-17-22(10-5-11-23(14)17)13-8-6-12(2)7-9-13/h6-9,14-15,17,19H,4-5,10-11H2,1-3H3. The zero-order valence-corrected chi connectivity index (χ0v) is 15.0. The van der Waals surface area contributed by atoms with Crippen LogP contribution in [0.2, 0.25) is 0 Å². The van der Waals surface area contributed by atoms with E-state index in [-0.39, 0.29) is 30.4 Å². The predicted molar refractivity (Wildman–Crippen MR) is 94.9 cm³/mol. The third-order valence-electron chi connectivity index (χ3n) is 5.55. The average molecular weight is 343 g/mol. The molecule has 7 heteroatoms. The fourth-order valence-electron chi connectivity index (χ4n) is 4.21. The van der Waals surface area contributed by atoms with Gasteiger partial charge in [0.15, 0.2) is 0 Å². The van der Waals surface area contributed by atoms with Crippen molar-refractivity contribution in [2.24, 2.45) is 0 Å². The van der Waals surface area contributed by atoms with Crippen LogP contribution in [0.1, 0.15) is 18.9 Å². The van der Waals surface area contributed by atoms with E-state index in [1.165, 1.54) is 10.5 Å². The number of fused-ring (bicyclic) bond motifs is 3. The van der Waals surface area contributed by atoms with Crippen molar-refractivity contribution in [1.29, 1.82) is 0 Å². The second-order valence-corrected chi connectivity index (χ2v) is 7.03. The fraction of sp³-hybridized carbons (Fsp3) is 0.556. The minimum absolute atomic E-state index is 0.0672. The first-order chi connectivity index (χ1) is 12.0. The van der Waals surface area contributed by atoms with Crippen molar-refractivity contribution < 1.29 is 9.59 Å². The van der Waals surface area contributed by atoms with Crippen molar-refractivity contribution in [2.45, 2.75) is 38.8 Å². The summed E-state index contributed by atoms with van der Waals surface area (Å²) in [5.74, 6) is -0.0867. The maximum atomic E-state index is 12.9. The van der Waals surface area contributed by atoms with Crippen LogP contribution in [0.4, 0.5) is 10.5 Å². The Morgan fingerprint density at radius 1 is 1.16 bits per heavy atom. The van der Waals surface area contributed by atoms with Crippen LogP contribution < -0.4 is 10.2 Å². The minimum atomic E-state index is -0.319. The second kappa shape index (κ2) is 6.00. The number of amides is 3. The van der Waals surface area contributed by atoms with E-state index in [9.17, 15) is 9.59 Å². The van der Waals surface area contributed by atoms with Crippen LogP contribution >= 0.6 is 0 Å². The van der Waals surface area contributed by atoms with Gasteiger partial charge in [0.25, 0.3) is 5.91 Å². The monoisotopic (exact) mass is 343 g/mol. The molecule has 3 amide bonds. The van der Waals surface area contributed by atoms with Gasteiger partial charge >= 0.3 is 6.03 Å². The van der Waals surface area contributed by atoms with Gasteiger partial charge in [-0.05, 0) is 32.4 Å². The molecule has 0 aromatic heterocycles. The molecule has 0 saturated carbocycles. The van der Waals surface area contributed by atoms with Crippen molar-refractivity contribution >= 4 is 17.6 Å². The molecule has 1 N–H and O–H groups in total. The van der Waals surface area contributed by atoms with E-state index in [4.69, 9.17) is 0 Å². The van der Waals surface area contributed by atoms with E-state index in [0.717, 1.165) is 25.2 Å². The lowest BCUT2D eigenvalue weighted by atomic mass is 10.1. The van der Waals surface area contributed by atoms with Gasteiger partial charge in [-0.2, -0.15) is 0 Å². The lowest BCUT2D eigenvalue weighted by Crippen LogP contribution is -2.66. The van der Waals surface area contributed by atoms with Crippen LogP contribution in [0.25, 0.3) is 0 Å². The van der Waals surface area contributed by atoms with Crippen molar-refractivity contribution in [1.82, 2.24) is 20.0 Å². The Bertz CT molecular complexity index is 691. The molecule has 3 fully saturated rings. The molecule has 3 atom stereocenters. The molecule has 0 bridgehead atoms. The first-order valence-corrected chi connectivity index (χ1v) is 8.96. The Balaban J connectivity index is 1.66. The normalized spacial score (nSPS) is 29.9. The molecule has 0 spiro atoms. The molecule has 7 nitrogen and oxygen atoms in total. The highest BCUT2D eigenvalue weighted by Gasteiger charge is 2.55. The van der Waals surface area contributed by atoms with Gasteiger partial charge in [-0.15, -0.1) is 0 Å². The summed E-state index contributed by atoms with van der Waals surface area (Å²) in [4.78, 5) is 32.9. The Kier molecular flexibility index (Phi) is 3.92. The molecule has 1 aromatic carbocycles. The minimum Gasteiger partial charge on any atom is -0.343 e. The van der Waals surface area contributed by atoms with Crippen LogP contribution in [0.5, 0.6) is 0 Å². The highest BCUT2D eigenvalue weighted by Crippen LogP contribution is 2.32. The van der Waals surface area contributed by atoms with Crippen LogP contribution in [-0.4, -0.2) is 71.8 Å². The van der Waals surface area contributed by atoms with Crippen LogP contribution in [-0.2, 0) is 4.79 Å². The summed E-state index contributed by atoms with van der Waals surface area (Å²) in [7, 11) is 1.77.